The van der Waals surface area contributed by atoms with Gasteiger partial charge in [0, 0.05) is 24.5 Å². The molecule has 0 aliphatic carbocycles. The van der Waals surface area contributed by atoms with E-state index in [0.29, 0.717) is 24.4 Å². The van der Waals surface area contributed by atoms with Gasteiger partial charge in [-0.3, -0.25) is 9.69 Å². The zero-order valence-electron chi connectivity index (χ0n) is 17.8. The van der Waals surface area contributed by atoms with Gasteiger partial charge < -0.3 is 9.52 Å². The molecule has 5 heteroatoms. The molecule has 5 rings (SSSR count). The summed E-state index contributed by atoms with van der Waals surface area (Å²) in [4.78, 5) is 13.1. The fourth-order valence-electron chi connectivity index (χ4n) is 4.35. The van der Waals surface area contributed by atoms with E-state index in [9.17, 15) is 4.79 Å². The van der Waals surface area contributed by atoms with Gasteiger partial charge in [-0.15, -0.1) is 0 Å². The maximum absolute atomic E-state index is 15.0. The van der Waals surface area contributed by atoms with Crippen molar-refractivity contribution in [1.29, 1.82) is 0 Å². The van der Waals surface area contributed by atoms with Gasteiger partial charge in [-0.2, -0.15) is 0 Å². The van der Waals surface area contributed by atoms with E-state index in [1.165, 1.54) is 17.2 Å². The van der Waals surface area contributed by atoms with Gasteiger partial charge >= 0.3 is 5.97 Å². The first-order valence-corrected chi connectivity index (χ1v) is 10.8. The number of halogens is 1. The first kappa shape index (κ1) is 20.5. The van der Waals surface area contributed by atoms with Gasteiger partial charge in [0.05, 0.1) is 11.5 Å². The molecule has 1 aromatic heterocycles. The number of fused-ring (bicyclic) bond motifs is 1. The molecule has 0 bridgehead atoms. The Hall–Kier alpha value is -3.44. The van der Waals surface area contributed by atoms with Crippen molar-refractivity contribution in [1.82, 2.24) is 4.90 Å². The topological polar surface area (TPSA) is 53.7 Å². The molecule has 162 valence electrons. The van der Waals surface area contributed by atoms with Gasteiger partial charge in [-0.1, -0.05) is 42.5 Å². The highest BCUT2D eigenvalue weighted by Gasteiger charge is 2.35. The summed E-state index contributed by atoms with van der Waals surface area (Å²) in [6.07, 6.45) is 0.831. The Bertz CT molecular complexity index is 1270. The van der Waals surface area contributed by atoms with E-state index in [1.54, 1.807) is 6.07 Å². The van der Waals surface area contributed by atoms with E-state index in [4.69, 9.17) is 9.52 Å². The van der Waals surface area contributed by atoms with Gasteiger partial charge in [0.2, 0.25) is 0 Å². The van der Waals surface area contributed by atoms with Crippen molar-refractivity contribution in [2.75, 3.05) is 13.1 Å². The summed E-state index contributed by atoms with van der Waals surface area (Å²) < 4.78 is 21.0. The SMILES string of the molecule is CC(c1ccc(-c2cc3cc(Cc4ccccc4)ccc3o2)c(F)c1)N1CC(C(=O)O)C1. The van der Waals surface area contributed by atoms with Crippen LogP contribution in [0.5, 0.6) is 0 Å². The minimum absolute atomic E-state index is 0.0367. The fraction of sp³-hybridized carbons (Fsp3) is 0.222. The molecular weight excluding hydrogens is 405 g/mol. The third-order valence-corrected chi connectivity index (χ3v) is 6.38. The molecule has 1 unspecified atom stereocenters. The Morgan fingerprint density at radius 2 is 1.84 bits per heavy atom. The lowest BCUT2D eigenvalue weighted by molar-refractivity contribution is -0.148. The molecule has 1 aliphatic rings. The maximum atomic E-state index is 15.0. The average Bonchev–Trinajstić information content (AvgIpc) is 3.16. The van der Waals surface area contributed by atoms with Crippen LogP contribution < -0.4 is 0 Å². The fourth-order valence-corrected chi connectivity index (χ4v) is 4.35. The van der Waals surface area contributed by atoms with Crippen LogP contribution in [0.25, 0.3) is 22.3 Å². The summed E-state index contributed by atoms with van der Waals surface area (Å²) in [6.45, 7) is 2.96. The lowest BCUT2D eigenvalue weighted by Crippen LogP contribution is -2.51. The van der Waals surface area contributed by atoms with E-state index in [2.05, 4.69) is 18.2 Å². The van der Waals surface area contributed by atoms with E-state index < -0.39 is 5.97 Å². The molecule has 0 amide bonds. The lowest BCUT2D eigenvalue weighted by atomic mass is 9.94. The number of hydrogen-bond acceptors (Lipinski definition) is 3. The van der Waals surface area contributed by atoms with Crippen LogP contribution in [0.2, 0.25) is 0 Å². The lowest BCUT2D eigenvalue weighted by Gasteiger charge is -2.41. The Kier molecular flexibility index (Phi) is 5.27. The third kappa shape index (κ3) is 3.92. The molecule has 0 radical (unpaired) electrons. The number of benzene rings is 3. The zero-order chi connectivity index (χ0) is 22.2. The molecule has 0 spiro atoms. The zero-order valence-corrected chi connectivity index (χ0v) is 17.8. The van der Waals surface area contributed by atoms with Crippen molar-refractivity contribution < 1.29 is 18.7 Å². The second-order valence-electron chi connectivity index (χ2n) is 8.55. The molecule has 1 N–H and O–H groups in total. The number of carboxylic acid groups (broad SMARTS) is 1. The highest BCUT2D eigenvalue weighted by Crippen LogP contribution is 2.34. The predicted octanol–water partition coefficient (Wildman–Crippen LogP) is 5.91. The van der Waals surface area contributed by atoms with Crippen LogP contribution in [0.1, 0.15) is 29.7 Å². The Labute approximate surface area is 185 Å². The molecule has 1 saturated heterocycles. The molecule has 1 fully saturated rings. The third-order valence-electron chi connectivity index (χ3n) is 6.38. The summed E-state index contributed by atoms with van der Waals surface area (Å²) in [5.41, 5.74) is 4.40. The summed E-state index contributed by atoms with van der Waals surface area (Å²) in [6, 6.07) is 23.4. The highest BCUT2D eigenvalue weighted by atomic mass is 19.1. The van der Waals surface area contributed by atoms with Crippen LogP contribution in [0.3, 0.4) is 0 Å². The minimum Gasteiger partial charge on any atom is -0.481 e. The molecular formula is C27H24FNO3. The largest absolute Gasteiger partial charge is 0.481 e. The van der Waals surface area contributed by atoms with Gasteiger partial charge in [0.15, 0.2) is 0 Å². The van der Waals surface area contributed by atoms with Crippen LogP contribution in [0.15, 0.2) is 77.2 Å². The van der Waals surface area contributed by atoms with E-state index in [-0.39, 0.29) is 17.8 Å². The quantitative estimate of drug-likeness (QED) is 0.414. The average molecular weight is 429 g/mol. The number of nitrogens with zero attached hydrogens (tertiary/aromatic N) is 1. The first-order chi connectivity index (χ1) is 15.5. The van der Waals surface area contributed by atoms with Gasteiger partial charge in [-0.05, 0) is 60.4 Å². The summed E-state index contributed by atoms with van der Waals surface area (Å²) in [5, 5.41) is 10.0. The van der Waals surface area contributed by atoms with Crippen molar-refractivity contribution in [3.05, 3.63) is 95.3 Å². The molecule has 3 aromatic carbocycles. The Morgan fingerprint density at radius 1 is 1.06 bits per heavy atom. The number of aliphatic carboxylic acids is 1. The number of carbonyl (C=O) groups is 1. The normalized spacial score (nSPS) is 15.6. The Morgan fingerprint density at radius 3 is 2.56 bits per heavy atom. The molecule has 1 aliphatic heterocycles. The highest BCUT2D eigenvalue weighted by molar-refractivity contribution is 5.83. The molecule has 32 heavy (non-hydrogen) atoms. The summed E-state index contributed by atoms with van der Waals surface area (Å²) >= 11 is 0. The minimum atomic E-state index is -0.771. The first-order valence-electron chi connectivity index (χ1n) is 10.8. The molecule has 1 atom stereocenters. The van der Waals surface area contributed by atoms with Gasteiger partial charge in [0.25, 0.3) is 0 Å². The standard InChI is InChI=1S/C27H24FNO3/c1-17(29-15-22(16-29)27(30)31)20-8-9-23(24(28)13-20)26-14-21-12-19(7-10-25(21)32-26)11-18-5-3-2-4-6-18/h2-10,12-14,17,22H,11,15-16H2,1H3,(H,30,31). The summed E-state index contributed by atoms with van der Waals surface area (Å²) in [5.74, 6) is -0.938. The van der Waals surface area contributed by atoms with Gasteiger partial charge in [0.1, 0.15) is 17.2 Å². The monoisotopic (exact) mass is 429 g/mol. The number of carboxylic acids is 1. The molecule has 4 nitrogen and oxygen atoms in total. The smallest absolute Gasteiger partial charge is 0.309 e. The van der Waals surface area contributed by atoms with Crippen LogP contribution in [-0.2, 0) is 11.2 Å². The van der Waals surface area contributed by atoms with Crippen molar-refractivity contribution in [2.45, 2.75) is 19.4 Å². The number of rotatable bonds is 6. The van der Waals surface area contributed by atoms with Crippen molar-refractivity contribution in [3.63, 3.8) is 0 Å². The molecule has 0 saturated carbocycles. The predicted molar refractivity (Wildman–Crippen MR) is 122 cm³/mol. The molecule has 2 heterocycles. The summed E-state index contributed by atoms with van der Waals surface area (Å²) in [7, 11) is 0. The van der Waals surface area contributed by atoms with Crippen molar-refractivity contribution in [3.8, 4) is 11.3 Å². The second kappa shape index (κ2) is 8.24. The van der Waals surface area contributed by atoms with Crippen molar-refractivity contribution in [2.24, 2.45) is 5.92 Å². The Balaban J connectivity index is 1.36. The van der Waals surface area contributed by atoms with Gasteiger partial charge in [-0.25, -0.2) is 4.39 Å². The number of hydrogen-bond donors (Lipinski definition) is 1. The van der Waals surface area contributed by atoms with E-state index in [0.717, 1.165) is 23.0 Å². The molecule has 4 aromatic rings. The van der Waals surface area contributed by atoms with E-state index in [1.807, 2.05) is 54.3 Å². The van der Waals surface area contributed by atoms with E-state index >= 15 is 4.39 Å². The maximum Gasteiger partial charge on any atom is 0.309 e. The number of likely N-dealkylation sites (tertiary alicyclic amines) is 1. The second-order valence-corrected chi connectivity index (χ2v) is 8.55. The number of furan rings is 1. The van der Waals surface area contributed by atoms with Crippen LogP contribution >= 0.6 is 0 Å². The van der Waals surface area contributed by atoms with Crippen LogP contribution in [-0.4, -0.2) is 29.1 Å². The van der Waals surface area contributed by atoms with Crippen molar-refractivity contribution >= 4 is 16.9 Å². The van der Waals surface area contributed by atoms with Crippen LogP contribution in [0, 0.1) is 11.7 Å². The van der Waals surface area contributed by atoms with Crippen LogP contribution in [0.4, 0.5) is 4.39 Å².